The highest BCUT2D eigenvalue weighted by molar-refractivity contribution is 8.00. The molecular formula is C16H24N2O2S. The van der Waals surface area contributed by atoms with E-state index in [0.29, 0.717) is 19.8 Å². The quantitative estimate of drug-likeness (QED) is 0.843. The highest BCUT2D eigenvalue weighted by atomic mass is 32.2. The van der Waals surface area contributed by atoms with Crippen molar-refractivity contribution >= 4 is 23.5 Å². The molecule has 2 N–H and O–H groups in total. The Labute approximate surface area is 131 Å². The molecule has 1 fully saturated rings. The molecule has 0 unspecified atom stereocenters. The number of urea groups is 1. The molecule has 0 spiro atoms. The molecule has 1 atom stereocenters. The molecular weight excluding hydrogens is 284 g/mol. The molecule has 0 saturated carbocycles. The van der Waals surface area contributed by atoms with E-state index in [9.17, 15) is 4.79 Å². The standard InChI is InChI=1S/C16H24N2O2S/c1-3-20-11-13-7-4-5-8-14(13)18-15(19)17-12-16(2)9-6-10-21-16/h4-5,7-8H,3,6,9-12H2,1-2H3,(H2,17,18,19)/t16-/m0/s1. The highest BCUT2D eigenvalue weighted by Gasteiger charge is 2.29. The minimum atomic E-state index is -0.146. The van der Waals surface area contributed by atoms with E-state index in [-0.39, 0.29) is 10.8 Å². The highest BCUT2D eigenvalue weighted by Crippen LogP contribution is 2.36. The molecule has 116 valence electrons. The zero-order valence-corrected chi connectivity index (χ0v) is 13.6. The summed E-state index contributed by atoms with van der Waals surface area (Å²) in [5, 5.41) is 5.91. The van der Waals surface area contributed by atoms with Gasteiger partial charge in [0.25, 0.3) is 0 Å². The molecule has 1 heterocycles. The molecule has 1 aromatic rings. The molecule has 0 aromatic heterocycles. The predicted octanol–water partition coefficient (Wildman–Crippen LogP) is 3.63. The van der Waals surface area contributed by atoms with E-state index in [2.05, 4.69) is 17.6 Å². The number of hydrogen-bond donors (Lipinski definition) is 2. The van der Waals surface area contributed by atoms with Crippen LogP contribution < -0.4 is 10.6 Å². The summed E-state index contributed by atoms with van der Waals surface area (Å²) in [6.07, 6.45) is 2.40. The molecule has 2 rings (SSSR count). The Morgan fingerprint density at radius 2 is 2.24 bits per heavy atom. The number of anilines is 1. The van der Waals surface area contributed by atoms with E-state index in [1.54, 1.807) is 0 Å². The molecule has 0 aliphatic carbocycles. The van der Waals surface area contributed by atoms with Crippen LogP contribution in [0, 0.1) is 0 Å². The Hall–Kier alpha value is -1.20. The van der Waals surface area contributed by atoms with Gasteiger partial charge >= 0.3 is 6.03 Å². The van der Waals surface area contributed by atoms with Crippen LogP contribution in [-0.4, -0.2) is 29.7 Å². The van der Waals surface area contributed by atoms with Gasteiger partial charge in [0.15, 0.2) is 0 Å². The van der Waals surface area contributed by atoms with Gasteiger partial charge in [0.1, 0.15) is 0 Å². The SMILES string of the molecule is CCOCc1ccccc1NC(=O)NC[C@]1(C)CCCS1. The van der Waals surface area contributed by atoms with Crippen LogP contribution in [0.3, 0.4) is 0 Å². The lowest BCUT2D eigenvalue weighted by Crippen LogP contribution is -2.39. The average Bonchev–Trinajstić information content (AvgIpc) is 2.92. The summed E-state index contributed by atoms with van der Waals surface area (Å²) in [6, 6.07) is 7.60. The minimum absolute atomic E-state index is 0.146. The number of carbonyl (C=O) groups is 1. The number of ether oxygens (including phenoxy) is 1. The maximum atomic E-state index is 12.1. The van der Waals surface area contributed by atoms with Crippen LogP contribution in [0.25, 0.3) is 0 Å². The molecule has 5 heteroatoms. The van der Waals surface area contributed by atoms with Gasteiger partial charge in [-0.2, -0.15) is 11.8 Å². The Morgan fingerprint density at radius 1 is 1.43 bits per heavy atom. The number of nitrogens with one attached hydrogen (secondary N) is 2. The molecule has 0 radical (unpaired) electrons. The van der Waals surface area contributed by atoms with Crippen LogP contribution in [-0.2, 0) is 11.3 Å². The second-order valence-electron chi connectivity index (χ2n) is 5.50. The molecule has 1 saturated heterocycles. The number of thioether (sulfide) groups is 1. The van der Waals surface area contributed by atoms with E-state index in [4.69, 9.17) is 4.74 Å². The summed E-state index contributed by atoms with van der Waals surface area (Å²) in [5.74, 6) is 1.19. The fourth-order valence-electron chi connectivity index (χ4n) is 2.39. The van der Waals surface area contributed by atoms with Crippen molar-refractivity contribution in [3.63, 3.8) is 0 Å². The first-order chi connectivity index (χ1) is 10.1. The third-order valence-electron chi connectivity index (χ3n) is 3.65. The van der Waals surface area contributed by atoms with Crippen LogP contribution in [0.2, 0.25) is 0 Å². The number of amides is 2. The van der Waals surface area contributed by atoms with E-state index in [1.807, 2.05) is 43.0 Å². The Balaban J connectivity index is 1.87. The maximum absolute atomic E-state index is 12.1. The van der Waals surface area contributed by atoms with Crippen molar-refractivity contribution < 1.29 is 9.53 Å². The number of carbonyl (C=O) groups excluding carboxylic acids is 1. The molecule has 0 bridgehead atoms. The van der Waals surface area contributed by atoms with Crippen LogP contribution >= 0.6 is 11.8 Å². The van der Waals surface area contributed by atoms with Crippen molar-refractivity contribution in [3.05, 3.63) is 29.8 Å². The first kappa shape index (κ1) is 16.2. The monoisotopic (exact) mass is 308 g/mol. The summed E-state index contributed by atoms with van der Waals surface area (Å²) in [7, 11) is 0. The topological polar surface area (TPSA) is 50.4 Å². The second kappa shape index (κ2) is 7.71. The van der Waals surface area contributed by atoms with E-state index >= 15 is 0 Å². The molecule has 1 aliphatic rings. The maximum Gasteiger partial charge on any atom is 0.319 e. The number of rotatable bonds is 6. The normalized spacial score (nSPS) is 21.2. The zero-order chi connectivity index (χ0) is 15.1. The van der Waals surface area contributed by atoms with Gasteiger partial charge < -0.3 is 15.4 Å². The van der Waals surface area contributed by atoms with Crippen molar-refractivity contribution in [1.29, 1.82) is 0 Å². The Bertz CT molecular complexity index is 473. The summed E-state index contributed by atoms with van der Waals surface area (Å²) in [5.41, 5.74) is 1.81. The lowest BCUT2D eigenvalue weighted by atomic mass is 10.1. The summed E-state index contributed by atoms with van der Waals surface area (Å²) >= 11 is 1.94. The number of benzene rings is 1. The summed E-state index contributed by atoms with van der Waals surface area (Å²) in [4.78, 5) is 12.1. The molecule has 2 amide bonds. The first-order valence-electron chi connectivity index (χ1n) is 7.47. The molecule has 1 aliphatic heterocycles. The zero-order valence-electron chi connectivity index (χ0n) is 12.8. The molecule has 21 heavy (non-hydrogen) atoms. The largest absolute Gasteiger partial charge is 0.377 e. The van der Waals surface area contributed by atoms with Crippen molar-refractivity contribution in [1.82, 2.24) is 5.32 Å². The van der Waals surface area contributed by atoms with Gasteiger partial charge in [0, 0.05) is 29.1 Å². The average molecular weight is 308 g/mol. The summed E-state index contributed by atoms with van der Waals surface area (Å²) < 4.78 is 5.61. The van der Waals surface area contributed by atoms with Crippen LogP contribution in [0.15, 0.2) is 24.3 Å². The third-order valence-corrected chi connectivity index (χ3v) is 5.19. The van der Waals surface area contributed by atoms with Crippen LogP contribution in [0.4, 0.5) is 10.5 Å². The van der Waals surface area contributed by atoms with E-state index in [1.165, 1.54) is 18.6 Å². The minimum Gasteiger partial charge on any atom is -0.377 e. The van der Waals surface area contributed by atoms with Crippen LogP contribution in [0.1, 0.15) is 32.3 Å². The van der Waals surface area contributed by atoms with Crippen molar-refractivity contribution in [2.24, 2.45) is 0 Å². The fourth-order valence-corrected chi connectivity index (χ4v) is 3.63. The smallest absolute Gasteiger partial charge is 0.319 e. The third kappa shape index (κ3) is 4.93. The number of para-hydroxylation sites is 1. The summed E-state index contributed by atoms with van der Waals surface area (Å²) in [6.45, 7) is 6.06. The van der Waals surface area contributed by atoms with E-state index in [0.717, 1.165) is 11.3 Å². The van der Waals surface area contributed by atoms with Gasteiger partial charge in [-0.25, -0.2) is 4.79 Å². The molecule has 4 nitrogen and oxygen atoms in total. The second-order valence-corrected chi connectivity index (χ2v) is 7.19. The van der Waals surface area contributed by atoms with Crippen molar-refractivity contribution in [3.8, 4) is 0 Å². The first-order valence-corrected chi connectivity index (χ1v) is 8.46. The van der Waals surface area contributed by atoms with E-state index < -0.39 is 0 Å². The number of hydrogen-bond acceptors (Lipinski definition) is 3. The predicted molar refractivity (Wildman–Crippen MR) is 88.9 cm³/mol. The fraction of sp³-hybridized carbons (Fsp3) is 0.562. The van der Waals surface area contributed by atoms with Gasteiger partial charge in [-0.15, -0.1) is 0 Å². The van der Waals surface area contributed by atoms with Gasteiger partial charge in [-0.3, -0.25) is 0 Å². The Morgan fingerprint density at radius 3 is 2.95 bits per heavy atom. The molecule has 1 aromatic carbocycles. The van der Waals surface area contributed by atoms with Gasteiger partial charge in [0.05, 0.1) is 6.61 Å². The lowest BCUT2D eigenvalue weighted by molar-refractivity contribution is 0.134. The Kier molecular flexibility index (Phi) is 5.94. The van der Waals surface area contributed by atoms with Crippen molar-refractivity contribution in [2.75, 3.05) is 24.2 Å². The van der Waals surface area contributed by atoms with Gasteiger partial charge in [-0.05, 0) is 38.5 Å². The lowest BCUT2D eigenvalue weighted by Gasteiger charge is -2.23. The van der Waals surface area contributed by atoms with Crippen molar-refractivity contribution in [2.45, 2.75) is 38.0 Å². The van der Waals surface area contributed by atoms with Gasteiger partial charge in [0.2, 0.25) is 0 Å². The van der Waals surface area contributed by atoms with Crippen LogP contribution in [0.5, 0.6) is 0 Å². The van der Waals surface area contributed by atoms with Gasteiger partial charge in [-0.1, -0.05) is 18.2 Å².